The van der Waals surface area contributed by atoms with Gasteiger partial charge in [0.25, 0.3) is 0 Å². The van der Waals surface area contributed by atoms with E-state index in [4.69, 9.17) is 10.8 Å². The van der Waals surface area contributed by atoms with E-state index >= 15 is 0 Å². The molecule has 0 heterocycles. The van der Waals surface area contributed by atoms with E-state index in [9.17, 15) is 24.4 Å². The number of phenolic OH excluding ortho intramolecular Hbond substituents is 1. The molecule has 1 atom stereocenters. The van der Waals surface area contributed by atoms with Crippen molar-refractivity contribution < 1.29 is 24.3 Å². The van der Waals surface area contributed by atoms with E-state index in [2.05, 4.69) is 0 Å². The molecule has 4 N–H and O–H groups in total. The second-order valence-electron chi connectivity index (χ2n) is 3.25. The van der Waals surface area contributed by atoms with Crippen molar-refractivity contribution in [3.8, 4) is 5.75 Å². The predicted octanol–water partition coefficient (Wildman–Crippen LogP) is 0.566. The highest BCUT2D eigenvalue weighted by molar-refractivity contribution is 5.78. The standard InChI is InChI=1S/C9H9FN2O5/c10-6-2-8(13)4(1-7(6)12(16)17)5(3-11)9(14)15/h1-2,5,13H,3,11H2,(H,14,15). The Kier molecular flexibility index (Phi) is 3.59. The van der Waals surface area contributed by atoms with Gasteiger partial charge >= 0.3 is 11.7 Å². The summed E-state index contributed by atoms with van der Waals surface area (Å²) in [4.78, 5) is 20.3. The lowest BCUT2D eigenvalue weighted by atomic mass is 9.97. The third kappa shape index (κ3) is 2.48. The summed E-state index contributed by atoms with van der Waals surface area (Å²) in [6, 6.07) is 1.18. The number of nitrogens with two attached hydrogens (primary N) is 1. The second kappa shape index (κ2) is 4.74. The summed E-state index contributed by atoms with van der Waals surface area (Å²) in [6.45, 7) is -0.369. The molecule has 0 aliphatic rings. The molecular weight excluding hydrogens is 235 g/mol. The average molecular weight is 244 g/mol. The first-order valence-corrected chi connectivity index (χ1v) is 4.48. The van der Waals surface area contributed by atoms with Crippen LogP contribution in [0.25, 0.3) is 0 Å². The SMILES string of the molecule is NCC(C(=O)O)c1cc([N+](=O)[O-])c(F)cc1O. The Hall–Kier alpha value is -2.22. The number of nitro groups is 1. The van der Waals surface area contributed by atoms with Crippen LogP contribution in [-0.4, -0.2) is 27.7 Å². The normalized spacial score (nSPS) is 12.1. The molecule has 7 nitrogen and oxygen atoms in total. The second-order valence-corrected chi connectivity index (χ2v) is 3.25. The number of carbonyl (C=O) groups is 1. The number of phenols is 1. The highest BCUT2D eigenvalue weighted by atomic mass is 19.1. The zero-order valence-corrected chi connectivity index (χ0v) is 8.46. The molecule has 8 heteroatoms. The van der Waals surface area contributed by atoms with Crippen LogP contribution in [0.2, 0.25) is 0 Å². The molecule has 0 aromatic heterocycles. The van der Waals surface area contributed by atoms with Crippen molar-refractivity contribution in [2.24, 2.45) is 5.73 Å². The number of benzene rings is 1. The van der Waals surface area contributed by atoms with E-state index in [0.29, 0.717) is 12.1 Å². The molecular formula is C9H9FN2O5. The molecule has 0 aliphatic carbocycles. The Labute approximate surface area is 94.4 Å². The molecule has 1 aromatic carbocycles. The fourth-order valence-electron chi connectivity index (χ4n) is 1.35. The van der Waals surface area contributed by atoms with Gasteiger partial charge in [0.1, 0.15) is 5.75 Å². The van der Waals surface area contributed by atoms with Gasteiger partial charge in [-0.15, -0.1) is 0 Å². The quantitative estimate of drug-likeness (QED) is 0.524. The van der Waals surface area contributed by atoms with Crippen LogP contribution in [0.15, 0.2) is 12.1 Å². The molecule has 92 valence electrons. The highest BCUT2D eigenvalue weighted by Crippen LogP contribution is 2.31. The zero-order chi connectivity index (χ0) is 13.2. The number of rotatable bonds is 4. The zero-order valence-electron chi connectivity index (χ0n) is 8.46. The van der Waals surface area contributed by atoms with Crippen LogP contribution >= 0.6 is 0 Å². The molecule has 1 aromatic rings. The molecule has 0 saturated carbocycles. The van der Waals surface area contributed by atoms with Gasteiger partial charge in [-0.3, -0.25) is 14.9 Å². The lowest BCUT2D eigenvalue weighted by Crippen LogP contribution is -2.21. The van der Waals surface area contributed by atoms with Gasteiger partial charge in [0, 0.05) is 24.2 Å². The van der Waals surface area contributed by atoms with Gasteiger partial charge in [-0.25, -0.2) is 0 Å². The molecule has 0 bridgehead atoms. The Morgan fingerprint density at radius 3 is 2.59 bits per heavy atom. The van der Waals surface area contributed by atoms with Gasteiger partial charge in [0.15, 0.2) is 0 Å². The van der Waals surface area contributed by atoms with Crippen molar-refractivity contribution in [2.45, 2.75) is 5.92 Å². The minimum absolute atomic E-state index is 0.284. The van der Waals surface area contributed by atoms with E-state index < -0.39 is 34.1 Å². The third-order valence-electron chi connectivity index (χ3n) is 2.20. The van der Waals surface area contributed by atoms with Gasteiger partial charge < -0.3 is 15.9 Å². The van der Waals surface area contributed by atoms with E-state index in [-0.39, 0.29) is 12.1 Å². The van der Waals surface area contributed by atoms with Crippen LogP contribution in [0.5, 0.6) is 5.75 Å². The van der Waals surface area contributed by atoms with Crippen LogP contribution in [0.3, 0.4) is 0 Å². The Balaban J connectivity index is 3.38. The first-order valence-electron chi connectivity index (χ1n) is 4.48. The molecule has 1 rings (SSSR count). The van der Waals surface area contributed by atoms with Crippen molar-refractivity contribution >= 4 is 11.7 Å². The van der Waals surface area contributed by atoms with Crippen LogP contribution in [-0.2, 0) is 4.79 Å². The summed E-state index contributed by atoms with van der Waals surface area (Å²) < 4.78 is 13.1. The van der Waals surface area contributed by atoms with Crippen LogP contribution < -0.4 is 5.73 Å². The minimum atomic E-state index is -1.36. The first kappa shape index (κ1) is 12.8. The van der Waals surface area contributed by atoms with E-state index in [0.717, 1.165) is 0 Å². The van der Waals surface area contributed by atoms with Gasteiger partial charge in [0.2, 0.25) is 5.82 Å². The molecule has 0 saturated heterocycles. The van der Waals surface area contributed by atoms with E-state index in [1.165, 1.54) is 0 Å². The van der Waals surface area contributed by atoms with Crippen molar-refractivity contribution in [1.82, 2.24) is 0 Å². The van der Waals surface area contributed by atoms with Gasteiger partial charge in [-0.05, 0) is 0 Å². The third-order valence-corrected chi connectivity index (χ3v) is 2.20. The Morgan fingerprint density at radius 2 is 2.18 bits per heavy atom. The van der Waals surface area contributed by atoms with Crippen molar-refractivity contribution in [2.75, 3.05) is 6.54 Å². The maximum Gasteiger partial charge on any atom is 0.312 e. The molecule has 1 unspecified atom stereocenters. The summed E-state index contributed by atoms with van der Waals surface area (Å²) >= 11 is 0. The summed E-state index contributed by atoms with van der Waals surface area (Å²) in [5.74, 6) is -4.60. The molecule has 0 spiro atoms. The largest absolute Gasteiger partial charge is 0.508 e. The van der Waals surface area contributed by atoms with Gasteiger partial charge in [0.05, 0.1) is 10.8 Å². The number of halogens is 1. The molecule has 0 radical (unpaired) electrons. The lowest BCUT2D eigenvalue weighted by Gasteiger charge is -2.11. The van der Waals surface area contributed by atoms with Crippen LogP contribution in [0.1, 0.15) is 11.5 Å². The van der Waals surface area contributed by atoms with Gasteiger partial charge in [-0.1, -0.05) is 0 Å². The summed E-state index contributed by atoms with van der Waals surface area (Å²) in [5, 5.41) is 28.6. The highest BCUT2D eigenvalue weighted by Gasteiger charge is 2.26. The molecule has 0 aliphatic heterocycles. The first-order chi connectivity index (χ1) is 7.88. The van der Waals surface area contributed by atoms with Crippen molar-refractivity contribution in [3.63, 3.8) is 0 Å². The monoisotopic (exact) mass is 244 g/mol. The van der Waals surface area contributed by atoms with Crippen LogP contribution in [0.4, 0.5) is 10.1 Å². The fraction of sp³-hybridized carbons (Fsp3) is 0.222. The van der Waals surface area contributed by atoms with Gasteiger partial charge in [-0.2, -0.15) is 4.39 Å². The van der Waals surface area contributed by atoms with E-state index in [1.807, 2.05) is 0 Å². The Bertz CT molecular complexity index is 477. The summed E-state index contributed by atoms with van der Waals surface area (Å²) in [7, 11) is 0. The van der Waals surface area contributed by atoms with E-state index in [1.54, 1.807) is 0 Å². The molecule has 17 heavy (non-hydrogen) atoms. The van der Waals surface area contributed by atoms with Crippen molar-refractivity contribution in [1.29, 1.82) is 0 Å². The number of aromatic hydroxyl groups is 1. The number of carboxylic acid groups (broad SMARTS) is 1. The summed E-state index contributed by atoms with van der Waals surface area (Å²) in [5.41, 5.74) is 3.99. The van der Waals surface area contributed by atoms with Crippen molar-refractivity contribution in [3.05, 3.63) is 33.6 Å². The Morgan fingerprint density at radius 1 is 1.59 bits per heavy atom. The van der Waals surface area contributed by atoms with Crippen LogP contribution in [0, 0.1) is 15.9 Å². The number of hydrogen-bond donors (Lipinski definition) is 3. The number of nitro benzene ring substituents is 1. The average Bonchev–Trinajstić information content (AvgIpc) is 2.21. The topological polar surface area (TPSA) is 127 Å². The number of hydrogen-bond acceptors (Lipinski definition) is 5. The predicted molar refractivity (Wildman–Crippen MR) is 54.2 cm³/mol. The lowest BCUT2D eigenvalue weighted by molar-refractivity contribution is -0.387. The maximum absolute atomic E-state index is 13.1. The smallest absolute Gasteiger partial charge is 0.312 e. The number of nitrogens with zero attached hydrogens (tertiary/aromatic N) is 1. The molecule has 0 amide bonds. The number of carboxylic acids is 1. The fourth-order valence-corrected chi connectivity index (χ4v) is 1.35. The number of aliphatic carboxylic acids is 1. The minimum Gasteiger partial charge on any atom is -0.508 e. The maximum atomic E-state index is 13.1. The molecule has 0 fully saturated rings. The summed E-state index contributed by atoms with van der Waals surface area (Å²) in [6.07, 6.45) is 0.